The van der Waals surface area contributed by atoms with Gasteiger partial charge in [0.05, 0.1) is 25.2 Å². The van der Waals surface area contributed by atoms with Crippen molar-refractivity contribution >= 4 is 11.9 Å². The van der Waals surface area contributed by atoms with Crippen LogP contribution in [0.15, 0.2) is 12.2 Å². The van der Waals surface area contributed by atoms with Crippen molar-refractivity contribution in [1.29, 1.82) is 0 Å². The van der Waals surface area contributed by atoms with Crippen LogP contribution in [0.4, 0.5) is 0 Å². The van der Waals surface area contributed by atoms with Crippen molar-refractivity contribution in [3.05, 3.63) is 12.2 Å². The molecule has 2 saturated heterocycles. The smallest absolute Gasteiger partial charge is 0.312 e. The summed E-state index contributed by atoms with van der Waals surface area (Å²) in [7, 11) is 0. The standard InChI is InChI=1S/C17H23NO4/c1-2-21-16(20)13-12-8-9-17(22-12)10-18(15(19)14(13)17)11-6-4-3-5-7-11/h8-9,11-14H,2-7,10H2,1H3/t12-,13-,14-,17+/m1/s1. The zero-order chi connectivity index (χ0) is 15.3. The van der Waals surface area contributed by atoms with E-state index in [4.69, 9.17) is 9.47 Å². The molecule has 22 heavy (non-hydrogen) atoms. The molecule has 3 aliphatic heterocycles. The van der Waals surface area contributed by atoms with Crippen molar-refractivity contribution in [3.63, 3.8) is 0 Å². The number of ether oxygens (including phenoxy) is 2. The molecule has 0 unspecified atom stereocenters. The zero-order valence-electron chi connectivity index (χ0n) is 13.0. The average molecular weight is 305 g/mol. The van der Waals surface area contributed by atoms with Crippen molar-refractivity contribution in [3.8, 4) is 0 Å². The van der Waals surface area contributed by atoms with Crippen LogP contribution >= 0.6 is 0 Å². The quantitative estimate of drug-likeness (QED) is 0.588. The van der Waals surface area contributed by atoms with Crippen LogP contribution in [-0.2, 0) is 19.1 Å². The van der Waals surface area contributed by atoms with Gasteiger partial charge in [-0.05, 0) is 19.8 Å². The van der Waals surface area contributed by atoms with E-state index in [1.165, 1.54) is 19.3 Å². The third kappa shape index (κ3) is 1.87. The molecule has 4 aliphatic rings. The molecule has 5 heteroatoms. The Kier molecular flexibility index (Phi) is 3.29. The summed E-state index contributed by atoms with van der Waals surface area (Å²) in [6, 6.07) is 0.320. The first-order valence-corrected chi connectivity index (χ1v) is 8.50. The van der Waals surface area contributed by atoms with E-state index in [-0.39, 0.29) is 23.9 Å². The van der Waals surface area contributed by atoms with Crippen LogP contribution in [0.3, 0.4) is 0 Å². The Hall–Kier alpha value is -1.36. The van der Waals surface area contributed by atoms with Gasteiger partial charge >= 0.3 is 5.97 Å². The van der Waals surface area contributed by atoms with Crippen LogP contribution in [0, 0.1) is 11.8 Å². The lowest BCUT2D eigenvalue weighted by atomic mass is 9.77. The molecule has 1 amide bonds. The van der Waals surface area contributed by atoms with Crippen LogP contribution in [0.1, 0.15) is 39.0 Å². The van der Waals surface area contributed by atoms with Crippen molar-refractivity contribution in [2.24, 2.45) is 11.8 Å². The van der Waals surface area contributed by atoms with Gasteiger partial charge in [0.2, 0.25) is 5.91 Å². The van der Waals surface area contributed by atoms with Crippen LogP contribution in [0.25, 0.3) is 0 Å². The Balaban J connectivity index is 1.60. The Morgan fingerprint density at radius 3 is 2.91 bits per heavy atom. The highest BCUT2D eigenvalue weighted by Gasteiger charge is 2.67. The first kappa shape index (κ1) is 14.2. The summed E-state index contributed by atoms with van der Waals surface area (Å²) in [4.78, 5) is 27.3. The van der Waals surface area contributed by atoms with Gasteiger partial charge in [0, 0.05) is 6.04 Å². The Morgan fingerprint density at radius 2 is 2.18 bits per heavy atom. The highest BCUT2D eigenvalue weighted by Crippen LogP contribution is 2.53. The maximum absolute atomic E-state index is 13.0. The van der Waals surface area contributed by atoms with E-state index in [0.29, 0.717) is 19.2 Å². The van der Waals surface area contributed by atoms with E-state index in [0.717, 1.165) is 12.8 Å². The van der Waals surface area contributed by atoms with Gasteiger partial charge in [0.1, 0.15) is 11.5 Å². The highest BCUT2D eigenvalue weighted by atomic mass is 16.6. The number of carbonyl (C=O) groups is 2. The maximum Gasteiger partial charge on any atom is 0.312 e. The van der Waals surface area contributed by atoms with Crippen molar-refractivity contribution in [2.75, 3.05) is 13.2 Å². The summed E-state index contributed by atoms with van der Waals surface area (Å²) in [6.07, 6.45) is 9.45. The van der Waals surface area contributed by atoms with E-state index < -0.39 is 11.5 Å². The number of hydrogen-bond donors (Lipinski definition) is 0. The summed E-state index contributed by atoms with van der Waals surface area (Å²) in [5.74, 6) is -1.05. The molecular weight excluding hydrogens is 282 g/mol. The van der Waals surface area contributed by atoms with Crippen LogP contribution < -0.4 is 0 Å². The van der Waals surface area contributed by atoms with E-state index in [1.54, 1.807) is 6.92 Å². The lowest BCUT2D eigenvalue weighted by Crippen LogP contribution is -2.42. The number of fused-ring (bicyclic) bond motifs is 1. The molecule has 2 bridgehead atoms. The molecule has 1 aliphatic carbocycles. The maximum atomic E-state index is 13.0. The first-order chi connectivity index (χ1) is 10.7. The molecule has 3 fully saturated rings. The number of likely N-dealkylation sites (tertiary alicyclic amines) is 1. The fourth-order valence-electron chi connectivity index (χ4n) is 4.74. The van der Waals surface area contributed by atoms with E-state index >= 15 is 0 Å². The Morgan fingerprint density at radius 1 is 1.41 bits per heavy atom. The first-order valence-electron chi connectivity index (χ1n) is 8.50. The summed E-state index contributed by atoms with van der Waals surface area (Å²) >= 11 is 0. The largest absolute Gasteiger partial charge is 0.466 e. The van der Waals surface area contributed by atoms with Gasteiger partial charge in [0.25, 0.3) is 0 Å². The molecule has 0 N–H and O–H groups in total. The summed E-state index contributed by atoms with van der Waals surface area (Å²) in [6.45, 7) is 2.73. The minimum atomic E-state index is -0.587. The lowest BCUT2D eigenvalue weighted by molar-refractivity contribution is -0.153. The van der Waals surface area contributed by atoms with E-state index in [2.05, 4.69) is 0 Å². The van der Waals surface area contributed by atoms with Gasteiger partial charge in [-0.3, -0.25) is 9.59 Å². The number of carbonyl (C=O) groups excluding carboxylic acids is 2. The zero-order valence-corrected chi connectivity index (χ0v) is 13.0. The fourth-order valence-corrected chi connectivity index (χ4v) is 4.74. The molecule has 0 aromatic rings. The summed E-state index contributed by atoms with van der Waals surface area (Å²) < 4.78 is 11.3. The SMILES string of the molecule is CCOC(=O)[C@@H]1[C@H]2C=C[C@@]3(CN(C4CCCCC4)C(=O)[C@@H]13)O2. The van der Waals surface area contributed by atoms with Gasteiger partial charge in [-0.2, -0.15) is 0 Å². The van der Waals surface area contributed by atoms with Crippen molar-refractivity contribution in [1.82, 2.24) is 4.90 Å². The van der Waals surface area contributed by atoms with E-state index in [9.17, 15) is 9.59 Å². The average Bonchev–Trinajstić information content (AvgIpc) is 3.17. The molecular formula is C17H23NO4. The monoisotopic (exact) mass is 305 g/mol. The number of amides is 1. The van der Waals surface area contributed by atoms with Crippen LogP contribution in [-0.4, -0.2) is 47.7 Å². The minimum absolute atomic E-state index is 0.0943. The third-order valence-corrected chi connectivity index (χ3v) is 5.70. The molecule has 1 spiro atoms. The molecule has 0 aromatic carbocycles. The van der Waals surface area contributed by atoms with Crippen molar-refractivity contribution in [2.45, 2.75) is 56.8 Å². The molecule has 0 aromatic heterocycles. The second kappa shape index (κ2) is 5.08. The number of hydrogen-bond acceptors (Lipinski definition) is 4. The minimum Gasteiger partial charge on any atom is -0.466 e. The normalized spacial score (nSPS) is 40.3. The van der Waals surface area contributed by atoms with Crippen molar-refractivity contribution < 1.29 is 19.1 Å². The van der Waals surface area contributed by atoms with E-state index in [1.807, 2.05) is 17.1 Å². The lowest BCUT2D eigenvalue weighted by Gasteiger charge is -2.32. The van der Waals surface area contributed by atoms with Gasteiger partial charge < -0.3 is 14.4 Å². The number of rotatable bonds is 3. The van der Waals surface area contributed by atoms with Gasteiger partial charge in [-0.25, -0.2) is 0 Å². The molecule has 5 nitrogen and oxygen atoms in total. The van der Waals surface area contributed by atoms with Crippen LogP contribution in [0.5, 0.6) is 0 Å². The number of nitrogens with zero attached hydrogens (tertiary/aromatic N) is 1. The predicted octanol–water partition coefficient (Wildman–Crippen LogP) is 1.66. The summed E-state index contributed by atoms with van der Waals surface area (Å²) in [5, 5.41) is 0. The van der Waals surface area contributed by atoms with Gasteiger partial charge in [0.15, 0.2) is 0 Å². The molecule has 3 heterocycles. The van der Waals surface area contributed by atoms with Gasteiger partial charge in [-0.15, -0.1) is 0 Å². The van der Waals surface area contributed by atoms with Crippen LogP contribution in [0.2, 0.25) is 0 Å². The molecule has 0 radical (unpaired) electrons. The molecule has 4 rings (SSSR count). The fraction of sp³-hybridized carbons (Fsp3) is 0.765. The van der Waals surface area contributed by atoms with Gasteiger partial charge in [-0.1, -0.05) is 31.4 Å². The Bertz CT molecular complexity index is 525. The Labute approximate surface area is 130 Å². The number of esters is 1. The molecule has 1 saturated carbocycles. The molecule has 120 valence electrons. The second-order valence-electron chi connectivity index (χ2n) is 6.91. The third-order valence-electron chi connectivity index (χ3n) is 5.70. The topological polar surface area (TPSA) is 55.8 Å². The summed E-state index contributed by atoms with van der Waals surface area (Å²) in [5.41, 5.74) is -0.587. The predicted molar refractivity (Wildman–Crippen MR) is 78.9 cm³/mol. The second-order valence-corrected chi connectivity index (χ2v) is 6.91. The molecule has 4 atom stereocenters. The highest BCUT2D eigenvalue weighted by molar-refractivity contribution is 5.91.